The fraction of sp³-hybridized carbons (Fsp3) is 0.556. The first-order chi connectivity index (χ1) is 7.13. The minimum absolute atomic E-state index is 0.114. The van der Waals surface area contributed by atoms with Gasteiger partial charge in [0.05, 0.1) is 12.6 Å². The average molecular weight is 229 g/mol. The Hall–Kier alpha value is -1.14. The average Bonchev–Trinajstić information content (AvgIpc) is 2.61. The SMILES string of the molecule is CCC[C@@H](N)C(=O)NCc1csc(=O)[nH]1. The van der Waals surface area contributed by atoms with Gasteiger partial charge in [-0.2, -0.15) is 0 Å². The molecule has 0 spiro atoms. The van der Waals surface area contributed by atoms with Crippen molar-refractivity contribution in [2.45, 2.75) is 32.4 Å². The molecule has 0 aliphatic rings. The summed E-state index contributed by atoms with van der Waals surface area (Å²) >= 11 is 1.08. The summed E-state index contributed by atoms with van der Waals surface area (Å²) in [5, 5.41) is 4.36. The van der Waals surface area contributed by atoms with E-state index in [4.69, 9.17) is 5.73 Å². The molecule has 5 nitrogen and oxygen atoms in total. The fourth-order valence-corrected chi connectivity index (χ4v) is 1.74. The van der Waals surface area contributed by atoms with E-state index in [-0.39, 0.29) is 10.8 Å². The summed E-state index contributed by atoms with van der Waals surface area (Å²) in [6, 6.07) is -0.458. The number of carbonyl (C=O) groups excluding carboxylic acids is 1. The van der Waals surface area contributed by atoms with Gasteiger partial charge in [-0.15, -0.1) is 0 Å². The van der Waals surface area contributed by atoms with Crippen molar-refractivity contribution in [2.75, 3.05) is 0 Å². The Balaban J connectivity index is 2.37. The van der Waals surface area contributed by atoms with Gasteiger partial charge in [0.2, 0.25) is 5.91 Å². The van der Waals surface area contributed by atoms with E-state index in [1.165, 1.54) is 0 Å². The molecule has 0 aromatic carbocycles. The molecule has 0 aliphatic heterocycles. The molecule has 0 saturated heterocycles. The third-order valence-corrected chi connectivity index (χ3v) is 2.68. The molecule has 1 aromatic heterocycles. The van der Waals surface area contributed by atoms with E-state index in [0.717, 1.165) is 17.8 Å². The van der Waals surface area contributed by atoms with Crippen molar-refractivity contribution in [1.82, 2.24) is 10.3 Å². The number of thiazole rings is 1. The number of hydrogen-bond acceptors (Lipinski definition) is 4. The summed E-state index contributed by atoms with van der Waals surface area (Å²) in [7, 11) is 0. The molecule has 1 aromatic rings. The third-order valence-electron chi connectivity index (χ3n) is 1.96. The van der Waals surface area contributed by atoms with Crippen molar-refractivity contribution in [3.05, 3.63) is 20.7 Å². The molecule has 0 radical (unpaired) electrons. The van der Waals surface area contributed by atoms with Crippen LogP contribution in [-0.4, -0.2) is 16.9 Å². The van der Waals surface area contributed by atoms with Gasteiger partial charge in [-0.05, 0) is 6.42 Å². The van der Waals surface area contributed by atoms with Gasteiger partial charge in [0.1, 0.15) is 0 Å². The first-order valence-electron chi connectivity index (χ1n) is 4.83. The number of amides is 1. The second-order valence-electron chi connectivity index (χ2n) is 3.29. The van der Waals surface area contributed by atoms with Crippen LogP contribution in [-0.2, 0) is 11.3 Å². The van der Waals surface area contributed by atoms with Gasteiger partial charge >= 0.3 is 4.87 Å². The lowest BCUT2D eigenvalue weighted by molar-refractivity contribution is -0.122. The van der Waals surface area contributed by atoms with Gasteiger partial charge < -0.3 is 16.0 Å². The molecule has 1 rings (SSSR count). The minimum atomic E-state index is -0.458. The number of hydrogen-bond donors (Lipinski definition) is 3. The predicted molar refractivity (Wildman–Crippen MR) is 59.7 cm³/mol. The van der Waals surface area contributed by atoms with Crippen LogP contribution in [0.25, 0.3) is 0 Å². The van der Waals surface area contributed by atoms with Crippen LogP contribution in [0.2, 0.25) is 0 Å². The lowest BCUT2D eigenvalue weighted by atomic mass is 10.2. The summed E-state index contributed by atoms with van der Waals surface area (Å²) in [6.07, 6.45) is 1.55. The Bertz CT molecular complexity index is 371. The fourth-order valence-electron chi connectivity index (χ4n) is 1.16. The van der Waals surface area contributed by atoms with Crippen LogP contribution in [0.5, 0.6) is 0 Å². The van der Waals surface area contributed by atoms with Crippen LogP contribution >= 0.6 is 11.3 Å². The van der Waals surface area contributed by atoms with Crippen LogP contribution in [0.3, 0.4) is 0 Å². The molecule has 15 heavy (non-hydrogen) atoms. The van der Waals surface area contributed by atoms with Crippen molar-refractivity contribution in [2.24, 2.45) is 5.73 Å². The number of nitrogens with two attached hydrogens (primary N) is 1. The standard InChI is InChI=1S/C9H15N3O2S/c1-2-3-7(10)8(13)11-4-6-5-15-9(14)12-6/h5,7H,2-4,10H2,1H3,(H,11,13)(H,12,14)/t7-/m1/s1. The zero-order valence-electron chi connectivity index (χ0n) is 8.58. The molecular weight excluding hydrogens is 214 g/mol. The molecule has 0 bridgehead atoms. The molecule has 4 N–H and O–H groups in total. The number of aromatic amines is 1. The van der Waals surface area contributed by atoms with Gasteiger partial charge in [-0.25, -0.2) is 0 Å². The molecule has 1 atom stereocenters. The minimum Gasteiger partial charge on any atom is -0.349 e. The molecule has 1 heterocycles. The topological polar surface area (TPSA) is 88.0 Å². The highest BCUT2D eigenvalue weighted by Gasteiger charge is 2.11. The first-order valence-corrected chi connectivity index (χ1v) is 5.71. The lowest BCUT2D eigenvalue weighted by Crippen LogP contribution is -2.40. The summed E-state index contributed by atoms with van der Waals surface area (Å²) < 4.78 is 0. The highest BCUT2D eigenvalue weighted by Crippen LogP contribution is 1.96. The molecule has 1 amide bonds. The Morgan fingerprint density at radius 1 is 1.73 bits per heavy atom. The van der Waals surface area contributed by atoms with E-state index >= 15 is 0 Å². The highest BCUT2D eigenvalue weighted by molar-refractivity contribution is 7.07. The summed E-state index contributed by atoms with van der Waals surface area (Å²) in [5.74, 6) is -0.177. The van der Waals surface area contributed by atoms with Crippen LogP contribution in [0.4, 0.5) is 0 Å². The quantitative estimate of drug-likeness (QED) is 0.673. The third kappa shape index (κ3) is 3.85. The van der Waals surface area contributed by atoms with E-state index in [1.807, 2.05) is 6.92 Å². The Morgan fingerprint density at radius 3 is 3.00 bits per heavy atom. The second kappa shape index (κ2) is 5.67. The Kier molecular flexibility index (Phi) is 4.51. The number of H-pyrrole nitrogens is 1. The number of rotatable bonds is 5. The maximum absolute atomic E-state index is 11.4. The van der Waals surface area contributed by atoms with Crippen LogP contribution < -0.4 is 15.9 Å². The largest absolute Gasteiger partial charge is 0.349 e. The Labute approximate surface area is 91.7 Å². The highest BCUT2D eigenvalue weighted by atomic mass is 32.1. The van der Waals surface area contributed by atoms with Crippen LogP contribution in [0, 0.1) is 0 Å². The summed E-state index contributed by atoms with van der Waals surface area (Å²) in [6.45, 7) is 2.30. The zero-order chi connectivity index (χ0) is 11.3. The van der Waals surface area contributed by atoms with Crippen LogP contribution in [0.1, 0.15) is 25.5 Å². The normalized spacial score (nSPS) is 12.4. The summed E-state index contributed by atoms with van der Waals surface area (Å²) in [4.78, 5) is 24.7. The molecular formula is C9H15N3O2S. The molecule has 84 valence electrons. The van der Waals surface area contributed by atoms with Crippen molar-refractivity contribution in [3.63, 3.8) is 0 Å². The van der Waals surface area contributed by atoms with Crippen molar-refractivity contribution < 1.29 is 4.79 Å². The smallest absolute Gasteiger partial charge is 0.304 e. The maximum atomic E-state index is 11.4. The van der Waals surface area contributed by atoms with E-state index in [0.29, 0.717) is 18.7 Å². The molecule has 0 fully saturated rings. The molecule has 0 aliphatic carbocycles. The lowest BCUT2D eigenvalue weighted by Gasteiger charge is -2.09. The van der Waals surface area contributed by atoms with Gasteiger partial charge in [-0.3, -0.25) is 9.59 Å². The van der Waals surface area contributed by atoms with Crippen molar-refractivity contribution in [3.8, 4) is 0 Å². The van der Waals surface area contributed by atoms with Gasteiger partial charge in [0.25, 0.3) is 0 Å². The number of aromatic nitrogens is 1. The predicted octanol–water partition coefficient (Wildman–Crippen LogP) is 0.180. The Morgan fingerprint density at radius 2 is 2.47 bits per heavy atom. The monoisotopic (exact) mass is 229 g/mol. The van der Waals surface area contributed by atoms with E-state index in [9.17, 15) is 9.59 Å². The first kappa shape index (κ1) is 11.9. The van der Waals surface area contributed by atoms with E-state index < -0.39 is 6.04 Å². The van der Waals surface area contributed by atoms with Gasteiger partial charge in [0.15, 0.2) is 0 Å². The number of carbonyl (C=O) groups is 1. The van der Waals surface area contributed by atoms with Crippen molar-refractivity contribution >= 4 is 17.2 Å². The van der Waals surface area contributed by atoms with Gasteiger partial charge in [0, 0.05) is 11.1 Å². The van der Waals surface area contributed by atoms with Crippen LogP contribution in [0.15, 0.2) is 10.2 Å². The molecule has 0 unspecified atom stereocenters. The second-order valence-corrected chi connectivity index (χ2v) is 4.13. The van der Waals surface area contributed by atoms with E-state index in [1.54, 1.807) is 5.38 Å². The summed E-state index contributed by atoms with van der Waals surface area (Å²) in [5.41, 5.74) is 6.33. The van der Waals surface area contributed by atoms with E-state index in [2.05, 4.69) is 10.3 Å². The molecule has 6 heteroatoms. The van der Waals surface area contributed by atoms with Gasteiger partial charge in [-0.1, -0.05) is 24.7 Å². The zero-order valence-corrected chi connectivity index (χ0v) is 9.39. The number of nitrogens with one attached hydrogen (secondary N) is 2. The van der Waals surface area contributed by atoms with Crippen molar-refractivity contribution in [1.29, 1.82) is 0 Å². The molecule has 0 saturated carbocycles. The maximum Gasteiger partial charge on any atom is 0.304 e.